The zero-order chi connectivity index (χ0) is 20.2. The van der Waals surface area contributed by atoms with Crippen LogP contribution in [0.4, 0.5) is 10.2 Å². The second-order valence-corrected chi connectivity index (χ2v) is 7.47. The molecule has 0 aliphatic carbocycles. The van der Waals surface area contributed by atoms with E-state index in [9.17, 15) is 9.18 Å². The first-order chi connectivity index (χ1) is 14.2. The maximum Gasteiger partial charge on any atom is 0.222 e. The molecule has 7 nitrogen and oxygen atoms in total. The fourth-order valence-corrected chi connectivity index (χ4v) is 3.83. The number of carbonyl (C=O) groups is 1. The van der Waals surface area contributed by atoms with Gasteiger partial charge in [0.15, 0.2) is 17.5 Å². The molecule has 4 rings (SSSR count). The molecule has 1 saturated heterocycles. The van der Waals surface area contributed by atoms with E-state index in [4.69, 9.17) is 0 Å². The van der Waals surface area contributed by atoms with Crippen molar-refractivity contribution in [1.29, 1.82) is 0 Å². The zero-order valence-corrected chi connectivity index (χ0v) is 16.5. The first-order valence-corrected chi connectivity index (χ1v) is 10.1. The predicted molar refractivity (Wildman–Crippen MR) is 110 cm³/mol. The van der Waals surface area contributed by atoms with Gasteiger partial charge in [-0.1, -0.05) is 6.92 Å². The van der Waals surface area contributed by atoms with E-state index in [1.807, 2.05) is 24.0 Å². The van der Waals surface area contributed by atoms with Crippen LogP contribution in [-0.2, 0) is 4.79 Å². The number of pyridine rings is 1. The van der Waals surface area contributed by atoms with Crippen molar-refractivity contribution >= 4 is 22.8 Å². The van der Waals surface area contributed by atoms with E-state index in [0.717, 1.165) is 42.4 Å². The average Bonchev–Trinajstić information content (AvgIpc) is 3.18. The van der Waals surface area contributed by atoms with Gasteiger partial charge in [-0.3, -0.25) is 4.79 Å². The molecule has 152 valence electrons. The van der Waals surface area contributed by atoms with Crippen molar-refractivity contribution in [3.05, 3.63) is 36.5 Å². The van der Waals surface area contributed by atoms with Crippen LogP contribution < -0.4 is 5.32 Å². The van der Waals surface area contributed by atoms with Gasteiger partial charge >= 0.3 is 0 Å². The number of anilines is 1. The lowest BCUT2D eigenvalue weighted by Crippen LogP contribution is -2.41. The van der Waals surface area contributed by atoms with Crippen molar-refractivity contribution in [2.24, 2.45) is 5.92 Å². The largest absolute Gasteiger partial charge is 0.367 e. The number of halogens is 1. The molecule has 29 heavy (non-hydrogen) atoms. The third kappa shape index (κ3) is 4.21. The quantitative estimate of drug-likeness (QED) is 0.665. The number of piperidine rings is 1. The summed E-state index contributed by atoms with van der Waals surface area (Å²) in [7, 11) is 0. The van der Waals surface area contributed by atoms with E-state index < -0.39 is 5.82 Å². The van der Waals surface area contributed by atoms with Crippen molar-refractivity contribution in [1.82, 2.24) is 24.8 Å². The van der Waals surface area contributed by atoms with Gasteiger partial charge < -0.3 is 15.2 Å². The maximum absolute atomic E-state index is 14.3. The summed E-state index contributed by atoms with van der Waals surface area (Å²) in [6.07, 6.45) is 8.11. The number of amides is 1. The molecule has 0 bridgehead atoms. The molecular formula is C21H25FN6O. The number of aromatic amines is 1. The molecule has 1 amide bonds. The third-order valence-corrected chi connectivity index (χ3v) is 5.33. The molecule has 1 aliphatic rings. The number of aromatic nitrogens is 4. The Balaban J connectivity index is 1.47. The minimum atomic E-state index is -0.485. The molecule has 2 N–H and O–H groups in total. The third-order valence-electron chi connectivity index (χ3n) is 5.33. The summed E-state index contributed by atoms with van der Waals surface area (Å²) in [5, 5.41) is 4.03. The highest BCUT2D eigenvalue weighted by Gasteiger charge is 2.23. The standard InChI is InChI=1S/C21H25FN6O/c1-2-5-18(29)28-9-4-6-14(13-28)10-24-21-17(22)12-26-20(27-21)16-11-25-19-15(16)7-3-8-23-19/h3,7-8,11-12,14H,2,4-6,9-10,13H2,1H3,(H,23,25)(H,24,26,27)/t14-/m1/s1. The molecule has 0 aromatic carbocycles. The van der Waals surface area contributed by atoms with Gasteiger partial charge in [0, 0.05) is 49.4 Å². The summed E-state index contributed by atoms with van der Waals surface area (Å²) < 4.78 is 14.3. The lowest BCUT2D eigenvalue weighted by Gasteiger charge is -2.33. The Morgan fingerprint density at radius 1 is 1.41 bits per heavy atom. The van der Waals surface area contributed by atoms with Crippen LogP contribution >= 0.6 is 0 Å². The first kappa shape index (κ1) is 19.3. The lowest BCUT2D eigenvalue weighted by molar-refractivity contribution is -0.132. The molecular weight excluding hydrogens is 371 g/mol. The maximum atomic E-state index is 14.3. The molecule has 1 atom stereocenters. The molecule has 1 aliphatic heterocycles. The van der Waals surface area contributed by atoms with Gasteiger partial charge in [0.1, 0.15) is 5.65 Å². The van der Waals surface area contributed by atoms with Crippen LogP contribution in [0, 0.1) is 11.7 Å². The molecule has 3 aromatic rings. The van der Waals surface area contributed by atoms with E-state index in [2.05, 4.69) is 25.3 Å². The molecule has 0 spiro atoms. The monoisotopic (exact) mass is 396 g/mol. The lowest BCUT2D eigenvalue weighted by atomic mass is 9.97. The van der Waals surface area contributed by atoms with Crippen LogP contribution in [0.15, 0.2) is 30.7 Å². The average molecular weight is 396 g/mol. The number of hydrogen-bond donors (Lipinski definition) is 2. The highest BCUT2D eigenvalue weighted by molar-refractivity contribution is 5.91. The summed E-state index contributed by atoms with van der Waals surface area (Å²) in [6.45, 7) is 4.11. The number of likely N-dealkylation sites (tertiary alicyclic amines) is 1. The number of H-pyrrole nitrogens is 1. The van der Waals surface area contributed by atoms with E-state index in [-0.39, 0.29) is 17.6 Å². The minimum Gasteiger partial charge on any atom is -0.367 e. The second kappa shape index (κ2) is 8.55. The van der Waals surface area contributed by atoms with Crippen LogP contribution in [0.5, 0.6) is 0 Å². The van der Waals surface area contributed by atoms with Crippen molar-refractivity contribution in [2.75, 3.05) is 25.0 Å². The molecule has 8 heteroatoms. The summed E-state index contributed by atoms with van der Waals surface area (Å²) in [5.41, 5.74) is 1.52. The minimum absolute atomic E-state index is 0.185. The molecule has 0 unspecified atom stereocenters. The summed E-state index contributed by atoms with van der Waals surface area (Å²) >= 11 is 0. The van der Waals surface area contributed by atoms with Gasteiger partial charge in [-0.05, 0) is 37.3 Å². The van der Waals surface area contributed by atoms with E-state index in [1.165, 1.54) is 6.20 Å². The van der Waals surface area contributed by atoms with Crippen molar-refractivity contribution in [3.63, 3.8) is 0 Å². The van der Waals surface area contributed by atoms with Crippen LogP contribution in [0.2, 0.25) is 0 Å². The Bertz CT molecular complexity index is 1000. The van der Waals surface area contributed by atoms with Crippen LogP contribution in [-0.4, -0.2) is 50.4 Å². The van der Waals surface area contributed by atoms with Crippen LogP contribution in [0.3, 0.4) is 0 Å². The fraction of sp³-hybridized carbons (Fsp3) is 0.429. The zero-order valence-electron chi connectivity index (χ0n) is 16.5. The van der Waals surface area contributed by atoms with Crippen LogP contribution in [0.1, 0.15) is 32.6 Å². The number of rotatable bonds is 6. The molecule has 0 radical (unpaired) electrons. The number of fused-ring (bicyclic) bond motifs is 1. The number of nitrogens with one attached hydrogen (secondary N) is 2. The van der Waals surface area contributed by atoms with Gasteiger partial charge in [-0.25, -0.2) is 19.3 Å². The molecule has 0 saturated carbocycles. The van der Waals surface area contributed by atoms with Gasteiger partial charge in [0.05, 0.1) is 6.20 Å². The van der Waals surface area contributed by atoms with E-state index in [1.54, 1.807) is 12.4 Å². The smallest absolute Gasteiger partial charge is 0.222 e. The normalized spacial score (nSPS) is 16.9. The SMILES string of the molecule is CCCC(=O)N1CCC[C@H](CNc2nc(-c3c[nH]c4ncccc34)ncc2F)C1. The molecule has 4 heterocycles. The van der Waals surface area contributed by atoms with Crippen LogP contribution in [0.25, 0.3) is 22.4 Å². The summed E-state index contributed by atoms with van der Waals surface area (Å²) in [6, 6.07) is 3.77. The highest BCUT2D eigenvalue weighted by Crippen LogP contribution is 2.26. The van der Waals surface area contributed by atoms with Crippen molar-refractivity contribution < 1.29 is 9.18 Å². The van der Waals surface area contributed by atoms with Crippen molar-refractivity contribution in [3.8, 4) is 11.4 Å². The van der Waals surface area contributed by atoms with Gasteiger partial charge in [-0.15, -0.1) is 0 Å². The van der Waals surface area contributed by atoms with Crippen molar-refractivity contribution in [2.45, 2.75) is 32.6 Å². The summed E-state index contributed by atoms with van der Waals surface area (Å²) in [4.78, 5) is 30.0. The first-order valence-electron chi connectivity index (χ1n) is 10.1. The van der Waals surface area contributed by atoms with E-state index in [0.29, 0.717) is 25.3 Å². The second-order valence-electron chi connectivity index (χ2n) is 7.47. The number of carbonyl (C=O) groups excluding carboxylic acids is 1. The molecule has 3 aromatic heterocycles. The van der Waals surface area contributed by atoms with Gasteiger partial charge in [-0.2, -0.15) is 0 Å². The van der Waals surface area contributed by atoms with Gasteiger partial charge in [0.25, 0.3) is 0 Å². The Morgan fingerprint density at radius 2 is 2.31 bits per heavy atom. The Hall–Kier alpha value is -3.03. The Kier molecular flexibility index (Phi) is 5.69. The van der Waals surface area contributed by atoms with Gasteiger partial charge in [0.2, 0.25) is 5.91 Å². The Labute approximate surface area is 168 Å². The van der Waals surface area contributed by atoms with E-state index >= 15 is 0 Å². The number of hydrogen-bond acceptors (Lipinski definition) is 5. The summed E-state index contributed by atoms with van der Waals surface area (Å²) in [5.74, 6) is 0.628. The highest BCUT2D eigenvalue weighted by atomic mass is 19.1. The fourth-order valence-electron chi connectivity index (χ4n) is 3.83. The predicted octanol–water partition coefficient (Wildman–Crippen LogP) is 3.61. The Morgan fingerprint density at radius 3 is 3.17 bits per heavy atom. The molecule has 1 fully saturated rings. The topological polar surface area (TPSA) is 86.8 Å². The number of nitrogens with zero attached hydrogens (tertiary/aromatic N) is 4.